The van der Waals surface area contributed by atoms with Crippen molar-refractivity contribution in [1.82, 2.24) is 5.32 Å². The van der Waals surface area contributed by atoms with Crippen molar-refractivity contribution in [3.05, 3.63) is 60.1 Å². The predicted octanol–water partition coefficient (Wildman–Crippen LogP) is 2.76. The molecular weight excluding hydrogens is 264 g/mol. The fourth-order valence-electron chi connectivity index (χ4n) is 2.93. The standard InChI is InChI=1S/C17H20N2O2/c18-17(10-4-5-11-17)16(20)19-15(14-9-6-12-21-14)13-7-2-1-3-8-13/h1-3,6-9,12,15H,4-5,10-11,18H2,(H,19,20). The molecule has 1 aliphatic rings. The molecule has 1 amide bonds. The summed E-state index contributed by atoms with van der Waals surface area (Å²) in [6.07, 6.45) is 5.14. The Balaban J connectivity index is 1.85. The SMILES string of the molecule is NC1(C(=O)NC(c2ccccc2)c2ccco2)CCCC1. The molecule has 0 aliphatic heterocycles. The summed E-state index contributed by atoms with van der Waals surface area (Å²) in [6, 6.07) is 13.2. The zero-order valence-corrected chi connectivity index (χ0v) is 11.9. The molecule has 1 atom stereocenters. The fraction of sp³-hybridized carbons (Fsp3) is 0.353. The number of furan rings is 1. The van der Waals surface area contributed by atoms with E-state index in [1.54, 1.807) is 6.26 Å². The van der Waals surface area contributed by atoms with E-state index in [0.29, 0.717) is 0 Å². The minimum Gasteiger partial charge on any atom is -0.467 e. The van der Waals surface area contributed by atoms with E-state index in [1.807, 2.05) is 42.5 Å². The topological polar surface area (TPSA) is 68.3 Å². The van der Waals surface area contributed by atoms with Gasteiger partial charge in [-0.25, -0.2) is 0 Å². The summed E-state index contributed by atoms with van der Waals surface area (Å²) >= 11 is 0. The largest absolute Gasteiger partial charge is 0.467 e. The minimum absolute atomic E-state index is 0.0924. The number of hydrogen-bond donors (Lipinski definition) is 2. The summed E-state index contributed by atoms with van der Waals surface area (Å²) in [7, 11) is 0. The summed E-state index contributed by atoms with van der Waals surface area (Å²) in [5.74, 6) is 0.626. The van der Waals surface area contributed by atoms with Crippen LogP contribution < -0.4 is 11.1 Å². The highest BCUT2D eigenvalue weighted by Gasteiger charge is 2.38. The Labute approximate surface area is 124 Å². The highest BCUT2D eigenvalue weighted by atomic mass is 16.3. The third kappa shape index (κ3) is 2.85. The van der Waals surface area contributed by atoms with Gasteiger partial charge in [0.1, 0.15) is 11.8 Å². The van der Waals surface area contributed by atoms with E-state index in [0.717, 1.165) is 37.0 Å². The number of benzene rings is 1. The van der Waals surface area contributed by atoms with Crippen molar-refractivity contribution in [2.24, 2.45) is 5.73 Å². The average Bonchev–Trinajstić information content (AvgIpc) is 3.17. The molecule has 4 heteroatoms. The Bertz CT molecular complexity index is 587. The van der Waals surface area contributed by atoms with Crippen LogP contribution in [0.25, 0.3) is 0 Å². The molecule has 1 heterocycles. The molecule has 0 saturated heterocycles. The van der Waals surface area contributed by atoms with E-state index >= 15 is 0 Å². The van der Waals surface area contributed by atoms with Crippen molar-refractivity contribution in [3.8, 4) is 0 Å². The molecule has 0 spiro atoms. The van der Waals surface area contributed by atoms with Gasteiger partial charge in [0, 0.05) is 0 Å². The fourth-order valence-corrected chi connectivity index (χ4v) is 2.93. The lowest BCUT2D eigenvalue weighted by atomic mass is 9.96. The molecule has 1 unspecified atom stereocenters. The molecule has 1 aromatic carbocycles. The smallest absolute Gasteiger partial charge is 0.240 e. The van der Waals surface area contributed by atoms with E-state index in [4.69, 9.17) is 10.2 Å². The van der Waals surface area contributed by atoms with Crippen LogP contribution in [0.15, 0.2) is 53.1 Å². The number of carbonyl (C=O) groups is 1. The highest BCUT2D eigenvalue weighted by Crippen LogP contribution is 2.29. The van der Waals surface area contributed by atoms with Gasteiger partial charge in [-0.3, -0.25) is 4.79 Å². The van der Waals surface area contributed by atoms with Crippen molar-refractivity contribution in [2.45, 2.75) is 37.3 Å². The Kier molecular flexibility index (Phi) is 3.80. The second-order valence-corrected chi connectivity index (χ2v) is 5.70. The van der Waals surface area contributed by atoms with Crippen LogP contribution in [0.3, 0.4) is 0 Å². The van der Waals surface area contributed by atoms with Gasteiger partial charge >= 0.3 is 0 Å². The maximum Gasteiger partial charge on any atom is 0.240 e. The van der Waals surface area contributed by atoms with Crippen LogP contribution in [0.4, 0.5) is 0 Å². The van der Waals surface area contributed by atoms with Crippen molar-refractivity contribution in [2.75, 3.05) is 0 Å². The van der Waals surface area contributed by atoms with E-state index in [2.05, 4.69) is 5.32 Å². The minimum atomic E-state index is -0.736. The molecule has 1 aliphatic carbocycles. The third-order valence-corrected chi connectivity index (χ3v) is 4.18. The molecule has 21 heavy (non-hydrogen) atoms. The molecule has 4 nitrogen and oxygen atoms in total. The van der Waals surface area contributed by atoms with Crippen LogP contribution in [0.1, 0.15) is 43.0 Å². The van der Waals surface area contributed by atoms with Crippen molar-refractivity contribution < 1.29 is 9.21 Å². The van der Waals surface area contributed by atoms with Crippen LogP contribution in [-0.2, 0) is 4.79 Å². The second kappa shape index (κ2) is 5.74. The first-order valence-electron chi connectivity index (χ1n) is 7.37. The first kappa shape index (κ1) is 13.9. The summed E-state index contributed by atoms with van der Waals surface area (Å²) in [5.41, 5.74) is 6.49. The number of hydrogen-bond acceptors (Lipinski definition) is 3. The monoisotopic (exact) mass is 284 g/mol. The van der Waals surface area contributed by atoms with Gasteiger partial charge in [-0.05, 0) is 30.5 Å². The van der Waals surface area contributed by atoms with Crippen molar-refractivity contribution in [3.63, 3.8) is 0 Å². The molecule has 0 radical (unpaired) electrons. The molecule has 1 fully saturated rings. The molecule has 0 bridgehead atoms. The normalized spacial score (nSPS) is 18.3. The van der Waals surface area contributed by atoms with Crippen LogP contribution in [0.5, 0.6) is 0 Å². The third-order valence-electron chi connectivity index (χ3n) is 4.18. The quantitative estimate of drug-likeness (QED) is 0.907. The summed E-state index contributed by atoms with van der Waals surface area (Å²) in [5, 5.41) is 3.06. The van der Waals surface area contributed by atoms with Gasteiger partial charge in [-0.1, -0.05) is 43.2 Å². The lowest BCUT2D eigenvalue weighted by Gasteiger charge is -2.26. The van der Waals surface area contributed by atoms with Crippen LogP contribution in [-0.4, -0.2) is 11.4 Å². The lowest BCUT2D eigenvalue weighted by Crippen LogP contribution is -2.52. The summed E-state index contributed by atoms with van der Waals surface area (Å²) in [6.45, 7) is 0. The number of nitrogens with one attached hydrogen (secondary N) is 1. The predicted molar refractivity (Wildman–Crippen MR) is 80.5 cm³/mol. The highest BCUT2D eigenvalue weighted by molar-refractivity contribution is 5.87. The van der Waals surface area contributed by atoms with E-state index < -0.39 is 5.54 Å². The van der Waals surface area contributed by atoms with E-state index in [1.165, 1.54) is 0 Å². The van der Waals surface area contributed by atoms with Gasteiger partial charge in [0.05, 0.1) is 11.8 Å². The first-order chi connectivity index (χ1) is 10.2. The van der Waals surface area contributed by atoms with Crippen LogP contribution >= 0.6 is 0 Å². The average molecular weight is 284 g/mol. The molecule has 3 rings (SSSR count). The molecule has 1 saturated carbocycles. The van der Waals surface area contributed by atoms with Crippen molar-refractivity contribution in [1.29, 1.82) is 0 Å². The number of carbonyl (C=O) groups excluding carboxylic acids is 1. The zero-order valence-electron chi connectivity index (χ0n) is 11.9. The maximum atomic E-state index is 12.6. The molecule has 1 aromatic heterocycles. The van der Waals surface area contributed by atoms with Crippen molar-refractivity contribution >= 4 is 5.91 Å². The van der Waals surface area contributed by atoms with Gasteiger partial charge in [0.25, 0.3) is 0 Å². The number of amides is 1. The Morgan fingerprint density at radius 1 is 1.14 bits per heavy atom. The summed E-state index contributed by atoms with van der Waals surface area (Å²) in [4.78, 5) is 12.6. The zero-order chi connectivity index (χ0) is 14.7. The molecule has 2 aromatic rings. The van der Waals surface area contributed by atoms with Gasteiger partial charge in [-0.2, -0.15) is 0 Å². The molecule has 110 valence electrons. The number of nitrogens with two attached hydrogens (primary N) is 1. The molecule has 3 N–H and O–H groups in total. The van der Waals surface area contributed by atoms with Gasteiger partial charge in [-0.15, -0.1) is 0 Å². The van der Waals surface area contributed by atoms with E-state index in [-0.39, 0.29) is 11.9 Å². The Morgan fingerprint density at radius 2 is 1.86 bits per heavy atom. The molecular formula is C17H20N2O2. The van der Waals surface area contributed by atoms with Crippen LogP contribution in [0.2, 0.25) is 0 Å². The van der Waals surface area contributed by atoms with Crippen LogP contribution in [0, 0.1) is 0 Å². The lowest BCUT2D eigenvalue weighted by molar-refractivity contribution is -0.126. The Morgan fingerprint density at radius 3 is 2.48 bits per heavy atom. The van der Waals surface area contributed by atoms with E-state index in [9.17, 15) is 4.79 Å². The summed E-state index contributed by atoms with van der Waals surface area (Å²) < 4.78 is 5.49. The van der Waals surface area contributed by atoms with Gasteiger partial charge in [0.15, 0.2) is 0 Å². The maximum absolute atomic E-state index is 12.6. The second-order valence-electron chi connectivity index (χ2n) is 5.70. The van der Waals surface area contributed by atoms with Gasteiger partial charge < -0.3 is 15.5 Å². The first-order valence-corrected chi connectivity index (χ1v) is 7.37. The number of rotatable bonds is 4. The van der Waals surface area contributed by atoms with Gasteiger partial charge in [0.2, 0.25) is 5.91 Å². The Hall–Kier alpha value is -2.07.